The van der Waals surface area contributed by atoms with E-state index < -0.39 is 11.9 Å². The van der Waals surface area contributed by atoms with Crippen molar-refractivity contribution in [3.63, 3.8) is 0 Å². The number of carbonyl (C=O) groups is 2. The van der Waals surface area contributed by atoms with Crippen molar-refractivity contribution in [2.24, 2.45) is 5.92 Å². The molecule has 0 fully saturated rings. The zero-order valence-corrected chi connectivity index (χ0v) is 14.6. The van der Waals surface area contributed by atoms with E-state index in [1.807, 2.05) is 45.0 Å². The molecule has 0 aromatic heterocycles. The summed E-state index contributed by atoms with van der Waals surface area (Å²) in [7, 11) is 1.58. The molecule has 2 aromatic rings. The Bertz CT molecular complexity index is 762. The maximum Gasteiger partial charge on any atom is 0.310 e. The molecular weight excluding hydrogens is 304 g/mol. The molecule has 0 saturated heterocycles. The molecule has 0 spiro atoms. The summed E-state index contributed by atoms with van der Waals surface area (Å²) in [5, 5.41) is 11.3. The summed E-state index contributed by atoms with van der Waals surface area (Å²) in [6.07, 6.45) is 0.911. The Morgan fingerprint density at radius 2 is 1.88 bits per heavy atom. The number of hydrogen-bond donors (Lipinski definition) is 1. The fraction of sp³-hybridized carbons (Fsp3) is 0.400. The molecule has 1 unspecified atom stereocenters. The number of methoxy groups -OCH3 is 1. The van der Waals surface area contributed by atoms with Crippen LogP contribution in [0.5, 0.6) is 5.75 Å². The summed E-state index contributed by atoms with van der Waals surface area (Å²) < 4.78 is 5.27. The molecule has 2 aromatic carbocycles. The minimum atomic E-state index is -0.880. The van der Waals surface area contributed by atoms with E-state index in [9.17, 15) is 14.7 Å². The second-order valence-electron chi connectivity index (χ2n) is 6.47. The minimum Gasteiger partial charge on any atom is -0.497 e. The summed E-state index contributed by atoms with van der Waals surface area (Å²) in [6.45, 7) is 5.83. The third kappa shape index (κ3) is 3.75. The van der Waals surface area contributed by atoms with Gasteiger partial charge in [0.2, 0.25) is 0 Å². The van der Waals surface area contributed by atoms with Gasteiger partial charge in [-0.05, 0) is 52.9 Å². The quantitative estimate of drug-likeness (QED) is 0.751. The molecule has 1 N–H and O–H groups in total. The van der Waals surface area contributed by atoms with Gasteiger partial charge in [-0.1, -0.05) is 26.8 Å². The summed E-state index contributed by atoms with van der Waals surface area (Å²) in [5.74, 6) is -0.551. The first-order valence-electron chi connectivity index (χ1n) is 8.25. The van der Waals surface area contributed by atoms with E-state index in [0.29, 0.717) is 29.7 Å². The lowest BCUT2D eigenvalue weighted by Gasteiger charge is -2.16. The van der Waals surface area contributed by atoms with Crippen LogP contribution in [0.1, 0.15) is 55.5 Å². The molecule has 0 amide bonds. The maximum atomic E-state index is 12.5. The summed E-state index contributed by atoms with van der Waals surface area (Å²) in [6, 6.07) is 9.13. The normalized spacial score (nSPS) is 12.4. The van der Waals surface area contributed by atoms with E-state index in [4.69, 9.17) is 4.74 Å². The lowest BCUT2D eigenvalue weighted by atomic mass is 9.88. The van der Waals surface area contributed by atoms with Crippen molar-refractivity contribution in [1.82, 2.24) is 0 Å². The predicted molar refractivity (Wildman–Crippen MR) is 95.0 cm³/mol. The molecule has 0 heterocycles. The number of fused-ring (bicyclic) bond motifs is 1. The van der Waals surface area contributed by atoms with Gasteiger partial charge in [-0.25, -0.2) is 0 Å². The van der Waals surface area contributed by atoms with Gasteiger partial charge >= 0.3 is 5.97 Å². The smallest absolute Gasteiger partial charge is 0.310 e. The van der Waals surface area contributed by atoms with Gasteiger partial charge in [0.15, 0.2) is 5.78 Å². The highest BCUT2D eigenvalue weighted by Crippen LogP contribution is 2.32. The lowest BCUT2D eigenvalue weighted by Crippen LogP contribution is -2.13. The third-order valence-corrected chi connectivity index (χ3v) is 4.19. The standard InChI is InChI=1S/C20H24O4/c1-5-16(20(22)23)18-10-14(19(21)8-12(2)3)9-13-6-7-15(24-4)11-17(13)18/h6-7,9-12,16H,5,8H2,1-4H3,(H,22,23). The van der Waals surface area contributed by atoms with Crippen molar-refractivity contribution >= 4 is 22.5 Å². The summed E-state index contributed by atoms with van der Waals surface area (Å²) in [5.41, 5.74) is 1.25. The first-order chi connectivity index (χ1) is 11.4. The number of carbonyl (C=O) groups excluding carboxylic acids is 1. The van der Waals surface area contributed by atoms with Crippen LogP contribution in [0.15, 0.2) is 30.3 Å². The largest absolute Gasteiger partial charge is 0.497 e. The Kier molecular flexibility index (Phi) is 5.60. The van der Waals surface area contributed by atoms with Gasteiger partial charge in [0.25, 0.3) is 0 Å². The minimum absolute atomic E-state index is 0.0456. The van der Waals surface area contributed by atoms with Gasteiger partial charge in [-0.15, -0.1) is 0 Å². The van der Waals surface area contributed by atoms with Crippen molar-refractivity contribution in [2.45, 2.75) is 39.5 Å². The van der Waals surface area contributed by atoms with Gasteiger partial charge < -0.3 is 9.84 Å². The average molecular weight is 328 g/mol. The number of ketones is 1. The van der Waals surface area contributed by atoms with Crippen molar-refractivity contribution in [1.29, 1.82) is 0 Å². The van der Waals surface area contributed by atoms with Crippen molar-refractivity contribution < 1.29 is 19.4 Å². The molecule has 0 aliphatic heterocycles. The molecule has 0 aliphatic carbocycles. The molecular formula is C20H24O4. The SMILES string of the molecule is CCC(C(=O)O)c1cc(C(=O)CC(C)C)cc2ccc(OC)cc12. The number of carboxylic acid groups (broad SMARTS) is 1. The molecule has 0 aliphatic rings. The Labute approximate surface area is 142 Å². The zero-order valence-electron chi connectivity index (χ0n) is 14.6. The van der Waals surface area contributed by atoms with Gasteiger partial charge in [0.05, 0.1) is 13.0 Å². The van der Waals surface area contributed by atoms with Crippen molar-refractivity contribution in [3.05, 3.63) is 41.5 Å². The highest BCUT2D eigenvalue weighted by Gasteiger charge is 2.22. The van der Waals surface area contributed by atoms with Gasteiger partial charge in [-0.2, -0.15) is 0 Å². The molecule has 128 valence electrons. The van der Waals surface area contributed by atoms with Gasteiger partial charge in [0.1, 0.15) is 5.75 Å². The molecule has 4 nitrogen and oxygen atoms in total. The molecule has 0 radical (unpaired) electrons. The van der Waals surface area contributed by atoms with E-state index in [0.717, 1.165) is 10.8 Å². The van der Waals surface area contributed by atoms with Crippen LogP contribution in [0, 0.1) is 5.92 Å². The maximum absolute atomic E-state index is 12.5. The fourth-order valence-corrected chi connectivity index (χ4v) is 2.96. The van der Waals surface area contributed by atoms with E-state index in [-0.39, 0.29) is 11.7 Å². The van der Waals surface area contributed by atoms with Crippen LogP contribution in [-0.4, -0.2) is 24.0 Å². The van der Waals surface area contributed by atoms with Crippen LogP contribution in [0.25, 0.3) is 10.8 Å². The summed E-state index contributed by atoms with van der Waals surface area (Å²) >= 11 is 0. The first-order valence-corrected chi connectivity index (χ1v) is 8.25. The molecule has 1 atom stereocenters. The van der Waals surface area contributed by atoms with Gasteiger partial charge in [-0.3, -0.25) is 9.59 Å². The first kappa shape index (κ1) is 18.0. The third-order valence-electron chi connectivity index (χ3n) is 4.19. The van der Waals surface area contributed by atoms with Gasteiger partial charge in [0, 0.05) is 12.0 Å². The van der Waals surface area contributed by atoms with E-state index in [1.165, 1.54) is 0 Å². The topological polar surface area (TPSA) is 63.6 Å². The number of aliphatic carboxylic acids is 1. The Morgan fingerprint density at radius 1 is 1.17 bits per heavy atom. The molecule has 24 heavy (non-hydrogen) atoms. The van der Waals surface area contributed by atoms with Crippen LogP contribution in [-0.2, 0) is 4.79 Å². The Hall–Kier alpha value is -2.36. The number of hydrogen-bond acceptors (Lipinski definition) is 3. The molecule has 0 bridgehead atoms. The fourth-order valence-electron chi connectivity index (χ4n) is 2.96. The van der Waals surface area contributed by atoms with Crippen LogP contribution in [0.2, 0.25) is 0 Å². The number of rotatable bonds is 7. The van der Waals surface area contributed by atoms with Crippen LogP contribution in [0.3, 0.4) is 0 Å². The Morgan fingerprint density at radius 3 is 2.42 bits per heavy atom. The van der Waals surface area contributed by atoms with E-state index >= 15 is 0 Å². The second-order valence-corrected chi connectivity index (χ2v) is 6.47. The molecule has 0 saturated carbocycles. The Balaban J connectivity index is 2.68. The monoisotopic (exact) mass is 328 g/mol. The molecule has 2 rings (SSSR count). The number of carboxylic acids is 1. The average Bonchev–Trinajstić information content (AvgIpc) is 2.53. The van der Waals surface area contributed by atoms with Crippen molar-refractivity contribution in [3.8, 4) is 5.75 Å². The van der Waals surface area contributed by atoms with Crippen molar-refractivity contribution in [2.75, 3.05) is 7.11 Å². The predicted octanol–water partition coefficient (Wildman–Crippen LogP) is 4.66. The van der Waals surface area contributed by atoms with Crippen LogP contribution >= 0.6 is 0 Å². The lowest BCUT2D eigenvalue weighted by molar-refractivity contribution is -0.138. The molecule has 4 heteroatoms. The number of ether oxygens (including phenoxy) is 1. The van der Waals surface area contributed by atoms with Crippen LogP contribution in [0.4, 0.5) is 0 Å². The highest BCUT2D eigenvalue weighted by molar-refractivity contribution is 6.02. The summed E-state index contributed by atoms with van der Waals surface area (Å²) in [4.78, 5) is 24.2. The second kappa shape index (κ2) is 7.47. The number of benzene rings is 2. The van der Waals surface area contributed by atoms with E-state index in [1.54, 1.807) is 13.2 Å². The van der Waals surface area contributed by atoms with Crippen LogP contribution < -0.4 is 4.74 Å². The van der Waals surface area contributed by atoms with E-state index in [2.05, 4.69) is 0 Å². The zero-order chi connectivity index (χ0) is 17.9. The number of Topliss-reactive ketones (excluding diaryl/α,β-unsaturated/α-hetero) is 1. The highest BCUT2D eigenvalue weighted by atomic mass is 16.5.